The highest BCUT2D eigenvalue weighted by Gasteiger charge is 2.43. The maximum atomic E-state index is 9.81. The number of benzene rings is 1. The number of hydrogen-bond acceptors (Lipinski definition) is 10. The lowest BCUT2D eigenvalue weighted by Crippen LogP contribution is -2.43. The minimum atomic E-state index is -0.542. The molecule has 0 bridgehead atoms. The van der Waals surface area contributed by atoms with E-state index in [4.69, 9.17) is 20.0 Å². The van der Waals surface area contributed by atoms with E-state index in [1.165, 1.54) is 11.3 Å². The fourth-order valence-corrected chi connectivity index (χ4v) is 6.54. The van der Waals surface area contributed by atoms with Crippen LogP contribution in [0, 0.1) is 11.3 Å². The van der Waals surface area contributed by atoms with Gasteiger partial charge in [-0.1, -0.05) is 5.16 Å². The molecule has 0 spiro atoms. The molecule has 196 valence electrons. The van der Waals surface area contributed by atoms with Gasteiger partial charge in [0.1, 0.15) is 16.8 Å². The molecule has 1 aromatic carbocycles. The summed E-state index contributed by atoms with van der Waals surface area (Å²) in [6.45, 7) is 7.44. The maximum absolute atomic E-state index is 9.81. The Morgan fingerprint density at radius 1 is 1.30 bits per heavy atom. The zero-order valence-corrected chi connectivity index (χ0v) is 22.7. The van der Waals surface area contributed by atoms with Gasteiger partial charge in [0.25, 0.3) is 0 Å². The molecule has 1 atom stereocenters. The molecule has 9 nitrogen and oxygen atoms in total. The number of anilines is 2. The molecule has 1 aliphatic heterocycles. The molecule has 1 aliphatic carbocycles. The van der Waals surface area contributed by atoms with Crippen molar-refractivity contribution in [2.75, 3.05) is 64.1 Å². The third kappa shape index (κ3) is 5.17. The first-order chi connectivity index (χ1) is 17.9. The van der Waals surface area contributed by atoms with Crippen LogP contribution in [0.2, 0.25) is 0 Å². The molecule has 0 amide bonds. The summed E-state index contributed by atoms with van der Waals surface area (Å²) in [5.41, 5.74) is 9.12. The topological polar surface area (TPSA) is 116 Å². The normalized spacial score (nSPS) is 19.6. The second-order valence-electron chi connectivity index (χ2n) is 10.3. The molecular formula is C27H35N7O2S. The number of nitrogens with one attached hydrogen (secondary N) is 1. The first-order valence-corrected chi connectivity index (χ1v) is 13.8. The summed E-state index contributed by atoms with van der Waals surface area (Å²) in [7, 11) is 4.13. The fourth-order valence-electron chi connectivity index (χ4n) is 5.35. The van der Waals surface area contributed by atoms with E-state index in [1.807, 2.05) is 6.07 Å². The Morgan fingerprint density at radius 3 is 2.86 bits per heavy atom. The summed E-state index contributed by atoms with van der Waals surface area (Å²) < 4.78 is 12.1. The molecule has 0 saturated carbocycles. The number of aryl methyl sites for hydroxylation is 1. The van der Waals surface area contributed by atoms with E-state index in [9.17, 15) is 5.26 Å². The predicted molar refractivity (Wildman–Crippen MR) is 146 cm³/mol. The van der Waals surface area contributed by atoms with Gasteiger partial charge in [-0.3, -0.25) is 0 Å². The van der Waals surface area contributed by atoms with Crippen LogP contribution in [0.15, 0.2) is 22.7 Å². The van der Waals surface area contributed by atoms with E-state index in [0.29, 0.717) is 28.9 Å². The number of rotatable bonds is 8. The zero-order valence-electron chi connectivity index (χ0n) is 21.8. The molecule has 10 heteroatoms. The number of thiophene rings is 1. The van der Waals surface area contributed by atoms with Gasteiger partial charge < -0.3 is 30.1 Å². The van der Waals surface area contributed by atoms with Gasteiger partial charge in [0, 0.05) is 60.5 Å². The van der Waals surface area contributed by atoms with Gasteiger partial charge in [-0.15, -0.1) is 11.3 Å². The summed E-state index contributed by atoms with van der Waals surface area (Å²) in [6.07, 6.45) is 3.67. The van der Waals surface area contributed by atoms with Gasteiger partial charge in [-0.2, -0.15) is 10.2 Å². The molecule has 1 unspecified atom stereocenters. The summed E-state index contributed by atoms with van der Waals surface area (Å²) in [4.78, 5) is 10.6. The van der Waals surface area contributed by atoms with Crippen LogP contribution in [-0.2, 0) is 11.8 Å². The lowest BCUT2D eigenvalue weighted by Gasteiger charge is -2.30. The van der Waals surface area contributed by atoms with Crippen LogP contribution in [0.5, 0.6) is 5.75 Å². The lowest BCUT2D eigenvalue weighted by atomic mass is 9.72. The van der Waals surface area contributed by atoms with Crippen molar-refractivity contribution in [2.45, 2.75) is 38.0 Å². The number of fused-ring (bicyclic) bond motifs is 1. The number of ether oxygens (including phenoxy) is 1. The summed E-state index contributed by atoms with van der Waals surface area (Å²) in [5.74, 6) is 1.86. The van der Waals surface area contributed by atoms with E-state index in [2.05, 4.69) is 59.5 Å². The van der Waals surface area contributed by atoms with Crippen molar-refractivity contribution in [3.63, 3.8) is 0 Å². The van der Waals surface area contributed by atoms with Crippen LogP contribution >= 0.6 is 11.3 Å². The van der Waals surface area contributed by atoms with Crippen LogP contribution in [0.25, 0.3) is 11.4 Å². The number of piperazine rings is 1. The van der Waals surface area contributed by atoms with Gasteiger partial charge in [0.05, 0.1) is 17.6 Å². The van der Waals surface area contributed by atoms with Crippen LogP contribution in [0.1, 0.15) is 48.1 Å². The molecule has 3 aromatic rings. The van der Waals surface area contributed by atoms with Crippen molar-refractivity contribution in [1.82, 2.24) is 20.4 Å². The fraction of sp³-hybridized carbons (Fsp3) is 0.519. The van der Waals surface area contributed by atoms with Crippen molar-refractivity contribution < 1.29 is 9.26 Å². The number of nitriles is 1. The Kier molecular flexibility index (Phi) is 7.38. The Bertz CT molecular complexity index is 1290. The Balaban J connectivity index is 1.48. The van der Waals surface area contributed by atoms with Gasteiger partial charge in [0.2, 0.25) is 11.7 Å². The van der Waals surface area contributed by atoms with Crippen LogP contribution in [0.3, 0.4) is 0 Å². The average molecular weight is 522 g/mol. The zero-order chi connectivity index (χ0) is 26.0. The molecule has 1 fully saturated rings. The SMILES string of the molecule is CN(C)CCCOc1cc(-c2noc(C3(C)CCCc4sc(N)c(C#N)c43)n2)cc(N2CCNCC2)c1. The number of nitrogens with two attached hydrogens (primary N) is 1. The molecular weight excluding hydrogens is 486 g/mol. The Morgan fingerprint density at radius 2 is 2.11 bits per heavy atom. The molecule has 0 radical (unpaired) electrons. The lowest BCUT2D eigenvalue weighted by molar-refractivity contribution is 0.281. The van der Waals surface area contributed by atoms with Crippen LogP contribution in [0.4, 0.5) is 10.7 Å². The Labute approximate surface area is 222 Å². The maximum Gasteiger partial charge on any atom is 0.237 e. The Hall–Kier alpha value is -3.13. The molecule has 1 saturated heterocycles. The standard InChI is InChI=1S/C27H35N7O2S/c1-27(7-4-6-22-23(27)21(17-28)24(29)37-22)26-31-25(32-36-26)18-14-19(34-11-8-30-9-12-34)16-20(15-18)35-13-5-10-33(2)3/h14-16,30H,4-13,29H2,1-3H3. The number of hydrogen-bond donors (Lipinski definition) is 2. The molecule has 3 heterocycles. The van der Waals surface area contributed by atoms with E-state index in [-0.39, 0.29) is 0 Å². The number of nitrogens with zero attached hydrogens (tertiary/aromatic N) is 5. The van der Waals surface area contributed by atoms with E-state index in [1.54, 1.807) is 0 Å². The average Bonchev–Trinajstić information content (AvgIpc) is 3.52. The first kappa shape index (κ1) is 25.5. The first-order valence-electron chi connectivity index (χ1n) is 12.9. The van der Waals surface area contributed by atoms with Crippen molar-refractivity contribution in [2.24, 2.45) is 0 Å². The smallest absolute Gasteiger partial charge is 0.237 e. The van der Waals surface area contributed by atoms with E-state index >= 15 is 0 Å². The molecule has 3 N–H and O–H groups in total. The summed E-state index contributed by atoms with van der Waals surface area (Å²) in [6, 6.07) is 8.53. The van der Waals surface area contributed by atoms with Crippen molar-refractivity contribution in [3.8, 4) is 23.2 Å². The highest BCUT2D eigenvalue weighted by atomic mass is 32.1. The van der Waals surface area contributed by atoms with E-state index in [0.717, 1.165) is 85.8 Å². The third-order valence-electron chi connectivity index (χ3n) is 7.30. The quantitative estimate of drug-likeness (QED) is 0.429. The third-order valence-corrected chi connectivity index (χ3v) is 8.38. The van der Waals surface area contributed by atoms with Crippen LogP contribution < -0.4 is 20.7 Å². The second kappa shape index (κ2) is 10.7. The van der Waals surface area contributed by atoms with Crippen molar-refractivity contribution in [1.29, 1.82) is 5.26 Å². The highest BCUT2D eigenvalue weighted by Crippen LogP contribution is 2.48. The number of nitrogen functional groups attached to an aromatic ring is 1. The van der Waals surface area contributed by atoms with E-state index < -0.39 is 5.41 Å². The monoisotopic (exact) mass is 521 g/mol. The van der Waals surface area contributed by atoms with Gasteiger partial charge in [0.15, 0.2) is 0 Å². The molecule has 2 aromatic heterocycles. The largest absolute Gasteiger partial charge is 0.493 e. The van der Waals surface area contributed by atoms with Gasteiger partial charge in [-0.05, 0) is 58.8 Å². The minimum absolute atomic E-state index is 0.527. The second-order valence-corrected chi connectivity index (χ2v) is 11.5. The van der Waals surface area contributed by atoms with Crippen LogP contribution in [-0.4, -0.2) is 68.5 Å². The summed E-state index contributed by atoms with van der Waals surface area (Å²) >= 11 is 1.51. The number of aromatic nitrogens is 2. The summed E-state index contributed by atoms with van der Waals surface area (Å²) in [5, 5.41) is 18.2. The minimum Gasteiger partial charge on any atom is -0.493 e. The van der Waals surface area contributed by atoms with Crippen molar-refractivity contribution in [3.05, 3.63) is 40.1 Å². The molecule has 2 aliphatic rings. The van der Waals surface area contributed by atoms with Crippen molar-refractivity contribution >= 4 is 22.0 Å². The highest BCUT2D eigenvalue weighted by molar-refractivity contribution is 7.16. The van der Waals surface area contributed by atoms with Gasteiger partial charge in [-0.25, -0.2) is 0 Å². The van der Waals surface area contributed by atoms with Gasteiger partial charge >= 0.3 is 0 Å². The molecule has 37 heavy (non-hydrogen) atoms. The predicted octanol–water partition coefficient (Wildman–Crippen LogP) is 3.63. The molecule has 5 rings (SSSR count).